The third kappa shape index (κ3) is 4.42. The van der Waals surface area contributed by atoms with Gasteiger partial charge in [0.05, 0.1) is 5.69 Å². The van der Waals surface area contributed by atoms with E-state index in [4.69, 9.17) is 0 Å². The first kappa shape index (κ1) is 19.9. The standard InChI is InChI=1S/C18H29N5O3/c1-6-19-18(26)16-9-14(10-23(16)13(4)24)20-17(25)8-7-15-11(2)21-22(5)12(15)3/h14,16H,6-10H2,1-5H3,(H,19,26)(H,20,25)/t14-,16+/m1/s1. The molecule has 0 spiro atoms. The highest BCUT2D eigenvalue weighted by molar-refractivity contribution is 5.88. The second kappa shape index (κ2) is 8.33. The molecule has 1 fully saturated rings. The van der Waals surface area contributed by atoms with Crippen molar-refractivity contribution in [1.82, 2.24) is 25.3 Å². The molecule has 0 bridgehead atoms. The summed E-state index contributed by atoms with van der Waals surface area (Å²) in [6, 6.07) is -0.712. The number of hydrogen-bond acceptors (Lipinski definition) is 4. The van der Waals surface area contributed by atoms with Crippen LogP contribution in [0.25, 0.3) is 0 Å². The molecule has 2 atom stereocenters. The Labute approximate surface area is 154 Å². The zero-order chi connectivity index (χ0) is 19.4. The maximum atomic E-state index is 12.3. The number of aryl methyl sites for hydroxylation is 2. The first-order valence-corrected chi connectivity index (χ1v) is 9.07. The molecule has 0 radical (unpaired) electrons. The Hall–Kier alpha value is -2.38. The first-order chi connectivity index (χ1) is 12.2. The minimum absolute atomic E-state index is 0.0716. The normalized spacial score (nSPS) is 19.5. The Balaban J connectivity index is 1.92. The van der Waals surface area contributed by atoms with E-state index in [9.17, 15) is 14.4 Å². The van der Waals surface area contributed by atoms with Crippen molar-refractivity contribution < 1.29 is 14.4 Å². The summed E-state index contributed by atoms with van der Waals surface area (Å²) in [6.07, 6.45) is 1.43. The summed E-state index contributed by atoms with van der Waals surface area (Å²) < 4.78 is 1.82. The van der Waals surface area contributed by atoms with Gasteiger partial charge in [0, 0.05) is 45.2 Å². The summed E-state index contributed by atoms with van der Waals surface area (Å²) in [6.45, 7) is 8.11. The van der Waals surface area contributed by atoms with Crippen LogP contribution in [0.1, 0.15) is 43.6 Å². The van der Waals surface area contributed by atoms with Crippen molar-refractivity contribution in [3.8, 4) is 0 Å². The Bertz CT molecular complexity index is 697. The second-order valence-corrected chi connectivity index (χ2v) is 6.85. The fourth-order valence-electron chi connectivity index (χ4n) is 3.55. The maximum Gasteiger partial charge on any atom is 0.242 e. The molecule has 1 aromatic rings. The average Bonchev–Trinajstić information content (AvgIpc) is 3.08. The van der Waals surface area contributed by atoms with Gasteiger partial charge in [0.1, 0.15) is 6.04 Å². The average molecular weight is 363 g/mol. The van der Waals surface area contributed by atoms with E-state index < -0.39 is 6.04 Å². The number of likely N-dealkylation sites (N-methyl/N-ethyl adjacent to an activating group) is 1. The third-order valence-electron chi connectivity index (χ3n) is 4.99. The molecule has 1 aliphatic heterocycles. The molecule has 2 N–H and O–H groups in total. The van der Waals surface area contributed by atoms with E-state index in [-0.39, 0.29) is 23.8 Å². The van der Waals surface area contributed by atoms with Crippen LogP contribution in [0.5, 0.6) is 0 Å². The number of rotatable bonds is 6. The van der Waals surface area contributed by atoms with Gasteiger partial charge in [0.15, 0.2) is 0 Å². The maximum absolute atomic E-state index is 12.3. The number of carbonyl (C=O) groups excluding carboxylic acids is 3. The van der Waals surface area contributed by atoms with Crippen molar-refractivity contribution in [3.63, 3.8) is 0 Å². The molecule has 0 aliphatic carbocycles. The fourth-order valence-corrected chi connectivity index (χ4v) is 3.55. The lowest BCUT2D eigenvalue weighted by Crippen LogP contribution is -2.45. The van der Waals surface area contributed by atoms with Crippen molar-refractivity contribution in [2.24, 2.45) is 7.05 Å². The molecular weight excluding hydrogens is 334 g/mol. The number of likely N-dealkylation sites (tertiary alicyclic amines) is 1. The monoisotopic (exact) mass is 363 g/mol. The Morgan fingerprint density at radius 3 is 2.50 bits per heavy atom. The van der Waals surface area contributed by atoms with Crippen LogP contribution in [0.2, 0.25) is 0 Å². The molecule has 8 heteroatoms. The number of nitrogens with one attached hydrogen (secondary N) is 2. The molecule has 0 unspecified atom stereocenters. The van der Waals surface area contributed by atoms with Crippen LogP contribution in [0.4, 0.5) is 0 Å². The van der Waals surface area contributed by atoms with Crippen molar-refractivity contribution in [3.05, 3.63) is 17.0 Å². The van der Waals surface area contributed by atoms with Crippen LogP contribution >= 0.6 is 0 Å². The molecule has 2 rings (SSSR count). The SMILES string of the molecule is CCNC(=O)[C@@H]1C[C@@H](NC(=O)CCc2c(C)nn(C)c2C)CN1C(C)=O. The van der Waals surface area contributed by atoms with E-state index in [1.807, 2.05) is 32.5 Å². The van der Waals surface area contributed by atoms with Crippen molar-refractivity contribution in [2.75, 3.05) is 13.1 Å². The quantitative estimate of drug-likeness (QED) is 0.755. The van der Waals surface area contributed by atoms with E-state index in [1.54, 1.807) is 0 Å². The molecule has 1 saturated heterocycles. The lowest BCUT2D eigenvalue weighted by atomic mass is 10.1. The van der Waals surface area contributed by atoms with Gasteiger partial charge in [-0.3, -0.25) is 19.1 Å². The lowest BCUT2D eigenvalue weighted by molar-refractivity contribution is -0.136. The van der Waals surface area contributed by atoms with Gasteiger partial charge in [0.2, 0.25) is 17.7 Å². The molecule has 3 amide bonds. The summed E-state index contributed by atoms with van der Waals surface area (Å²) in [5.41, 5.74) is 3.10. The third-order valence-corrected chi connectivity index (χ3v) is 4.99. The van der Waals surface area contributed by atoms with Gasteiger partial charge in [-0.2, -0.15) is 5.10 Å². The van der Waals surface area contributed by atoms with Gasteiger partial charge >= 0.3 is 0 Å². The van der Waals surface area contributed by atoms with E-state index in [0.717, 1.165) is 17.0 Å². The number of aromatic nitrogens is 2. The van der Waals surface area contributed by atoms with Crippen LogP contribution in [-0.2, 0) is 27.9 Å². The molecule has 26 heavy (non-hydrogen) atoms. The molecule has 0 aromatic carbocycles. The van der Waals surface area contributed by atoms with Gasteiger partial charge in [-0.15, -0.1) is 0 Å². The molecule has 1 aliphatic rings. The highest BCUT2D eigenvalue weighted by atomic mass is 16.2. The summed E-state index contributed by atoms with van der Waals surface area (Å²) in [5, 5.41) is 10.1. The van der Waals surface area contributed by atoms with Crippen molar-refractivity contribution >= 4 is 17.7 Å². The minimum Gasteiger partial charge on any atom is -0.355 e. The zero-order valence-electron chi connectivity index (χ0n) is 16.3. The van der Waals surface area contributed by atoms with Crippen LogP contribution in [0, 0.1) is 13.8 Å². The van der Waals surface area contributed by atoms with Crippen molar-refractivity contribution in [1.29, 1.82) is 0 Å². The smallest absolute Gasteiger partial charge is 0.242 e. The zero-order valence-corrected chi connectivity index (χ0v) is 16.3. The Kier molecular flexibility index (Phi) is 6.39. The van der Waals surface area contributed by atoms with Gasteiger partial charge in [-0.1, -0.05) is 0 Å². The Morgan fingerprint density at radius 2 is 1.96 bits per heavy atom. The van der Waals surface area contributed by atoms with E-state index in [0.29, 0.717) is 32.4 Å². The van der Waals surface area contributed by atoms with Crippen molar-refractivity contribution in [2.45, 2.75) is 59.0 Å². The van der Waals surface area contributed by atoms with Crippen LogP contribution in [0.15, 0.2) is 0 Å². The topological polar surface area (TPSA) is 96.3 Å². The van der Waals surface area contributed by atoms with Gasteiger partial charge in [-0.05, 0) is 39.2 Å². The first-order valence-electron chi connectivity index (χ1n) is 9.07. The minimum atomic E-state index is -0.513. The van der Waals surface area contributed by atoms with Crippen LogP contribution in [-0.4, -0.2) is 57.6 Å². The van der Waals surface area contributed by atoms with Gasteiger partial charge in [-0.25, -0.2) is 0 Å². The highest BCUT2D eigenvalue weighted by Gasteiger charge is 2.38. The van der Waals surface area contributed by atoms with Gasteiger partial charge in [0.25, 0.3) is 0 Å². The molecule has 2 heterocycles. The number of hydrogen-bond donors (Lipinski definition) is 2. The molecule has 144 valence electrons. The van der Waals surface area contributed by atoms with E-state index >= 15 is 0 Å². The number of amides is 3. The highest BCUT2D eigenvalue weighted by Crippen LogP contribution is 2.19. The number of carbonyl (C=O) groups is 3. The fraction of sp³-hybridized carbons (Fsp3) is 0.667. The lowest BCUT2D eigenvalue weighted by Gasteiger charge is -2.21. The Morgan fingerprint density at radius 1 is 1.27 bits per heavy atom. The van der Waals surface area contributed by atoms with Crippen LogP contribution in [0.3, 0.4) is 0 Å². The van der Waals surface area contributed by atoms with Gasteiger partial charge < -0.3 is 15.5 Å². The molecule has 1 aromatic heterocycles. The summed E-state index contributed by atoms with van der Waals surface area (Å²) >= 11 is 0. The number of nitrogens with zero attached hydrogens (tertiary/aromatic N) is 3. The van der Waals surface area contributed by atoms with E-state index in [1.165, 1.54) is 11.8 Å². The van der Waals surface area contributed by atoms with E-state index in [2.05, 4.69) is 15.7 Å². The molecule has 8 nitrogen and oxygen atoms in total. The molecule has 0 saturated carbocycles. The summed E-state index contributed by atoms with van der Waals surface area (Å²) in [4.78, 5) is 37.8. The second-order valence-electron chi connectivity index (χ2n) is 6.85. The summed E-state index contributed by atoms with van der Waals surface area (Å²) in [7, 11) is 1.89. The summed E-state index contributed by atoms with van der Waals surface area (Å²) in [5.74, 6) is -0.390. The predicted octanol–water partition coefficient (Wildman–Crippen LogP) is 0.211. The predicted molar refractivity (Wildman–Crippen MR) is 97.4 cm³/mol. The molecular formula is C18H29N5O3. The largest absolute Gasteiger partial charge is 0.355 e. The van der Waals surface area contributed by atoms with Crippen LogP contribution < -0.4 is 10.6 Å².